The van der Waals surface area contributed by atoms with E-state index in [2.05, 4.69) is 17.2 Å². The van der Waals surface area contributed by atoms with Gasteiger partial charge in [0, 0.05) is 13.1 Å². The van der Waals surface area contributed by atoms with Crippen LogP contribution in [0.3, 0.4) is 0 Å². The second kappa shape index (κ2) is 9.12. The number of piperidine rings is 1. The van der Waals surface area contributed by atoms with Crippen LogP contribution in [0.2, 0.25) is 0 Å². The molecule has 118 valence electrons. The first-order valence-corrected chi connectivity index (χ1v) is 7.14. The lowest BCUT2D eigenvalue weighted by Crippen LogP contribution is -2.47. The first kappa shape index (κ1) is 17.2. The Kier molecular flexibility index (Phi) is 7.45. The lowest BCUT2D eigenvalue weighted by atomic mass is 9.98. The van der Waals surface area contributed by atoms with Crippen molar-refractivity contribution in [1.82, 2.24) is 15.5 Å². The summed E-state index contributed by atoms with van der Waals surface area (Å²) in [5.74, 6) is -0.798. The molecule has 0 spiro atoms. The van der Waals surface area contributed by atoms with Gasteiger partial charge in [-0.15, -0.1) is 6.58 Å². The quantitative estimate of drug-likeness (QED) is 0.543. The van der Waals surface area contributed by atoms with Crippen molar-refractivity contribution < 1.29 is 19.1 Å². The van der Waals surface area contributed by atoms with E-state index in [9.17, 15) is 14.4 Å². The summed E-state index contributed by atoms with van der Waals surface area (Å²) in [5, 5.41) is 4.70. The summed E-state index contributed by atoms with van der Waals surface area (Å²) < 4.78 is 5.00. The SMILES string of the molecule is C=CCNC(=O)NC(=O)CN1CCC[C@H](C(=O)OCC)C1. The number of urea groups is 1. The van der Waals surface area contributed by atoms with Gasteiger partial charge in [-0.05, 0) is 26.3 Å². The number of nitrogens with one attached hydrogen (secondary N) is 2. The maximum atomic E-state index is 11.7. The molecule has 0 saturated carbocycles. The molecule has 7 nitrogen and oxygen atoms in total. The molecule has 1 fully saturated rings. The zero-order chi connectivity index (χ0) is 15.7. The minimum absolute atomic E-state index is 0.0947. The molecule has 1 aliphatic rings. The Bertz CT molecular complexity index is 398. The van der Waals surface area contributed by atoms with Crippen LogP contribution in [0.4, 0.5) is 4.79 Å². The summed E-state index contributed by atoms with van der Waals surface area (Å²) >= 11 is 0. The molecule has 1 heterocycles. The van der Waals surface area contributed by atoms with Crippen LogP contribution in [0.25, 0.3) is 0 Å². The Hall–Kier alpha value is -1.89. The number of likely N-dealkylation sites (tertiary alicyclic amines) is 1. The van der Waals surface area contributed by atoms with Gasteiger partial charge in [0.2, 0.25) is 5.91 Å². The normalized spacial score (nSPS) is 18.6. The monoisotopic (exact) mass is 297 g/mol. The average Bonchev–Trinajstić information content (AvgIpc) is 2.45. The topological polar surface area (TPSA) is 87.7 Å². The molecule has 21 heavy (non-hydrogen) atoms. The van der Waals surface area contributed by atoms with Gasteiger partial charge in [-0.2, -0.15) is 0 Å². The van der Waals surface area contributed by atoms with Crippen LogP contribution in [0.5, 0.6) is 0 Å². The molecule has 3 amide bonds. The number of esters is 1. The molecule has 0 aliphatic carbocycles. The highest BCUT2D eigenvalue weighted by atomic mass is 16.5. The third kappa shape index (κ3) is 6.40. The van der Waals surface area contributed by atoms with E-state index in [0.717, 1.165) is 19.4 Å². The third-order valence-electron chi connectivity index (χ3n) is 3.15. The van der Waals surface area contributed by atoms with Crippen LogP contribution in [-0.4, -0.2) is 55.6 Å². The number of ether oxygens (including phenoxy) is 1. The van der Waals surface area contributed by atoms with Gasteiger partial charge in [-0.1, -0.05) is 6.08 Å². The number of nitrogens with zero attached hydrogens (tertiary/aromatic N) is 1. The second-order valence-electron chi connectivity index (χ2n) is 4.87. The fourth-order valence-corrected chi connectivity index (χ4v) is 2.23. The number of amides is 3. The van der Waals surface area contributed by atoms with E-state index in [4.69, 9.17) is 4.74 Å². The lowest BCUT2D eigenvalue weighted by Gasteiger charge is -2.30. The zero-order valence-electron chi connectivity index (χ0n) is 12.4. The van der Waals surface area contributed by atoms with Crippen molar-refractivity contribution in [2.24, 2.45) is 5.92 Å². The molecule has 1 atom stereocenters. The minimum Gasteiger partial charge on any atom is -0.466 e. The lowest BCUT2D eigenvalue weighted by molar-refractivity contribution is -0.150. The second-order valence-corrected chi connectivity index (χ2v) is 4.87. The van der Waals surface area contributed by atoms with Crippen molar-refractivity contribution in [3.05, 3.63) is 12.7 Å². The Labute approximate surface area is 124 Å². The number of hydrogen-bond donors (Lipinski definition) is 2. The molecule has 7 heteroatoms. The number of rotatable bonds is 6. The van der Waals surface area contributed by atoms with Crippen molar-refractivity contribution in [3.8, 4) is 0 Å². The summed E-state index contributed by atoms with van der Waals surface area (Å²) in [6.45, 7) is 7.21. The fraction of sp³-hybridized carbons (Fsp3) is 0.643. The third-order valence-corrected chi connectivity index (χ3v) is 3.15. The molecular weight excluding hydrogens is 274 g/mol. The minimum atomic E-state index is -0.543. The molecule has 0 aromatic heterocycles. The fourth-order valence-electron chi connectivity index (χ4n) is 2.23. The predicted molar refractivity (Wildman–Crippen MR) is 77.5 cm³/mol. The molecule has 0 bridgehead atoms. The highest BCUT2D eigenvalue weighted by molar-refractivity contribution is 5.95. The molecule has 0 radical (unpaired) electrons. The molecule has 0 aromatic rings. The van der Waals surface area contributed by atoms with E-state index in [-0.39, 0.29) is 24.3 Å². The Balaban J connectivity index is 2.36. The highest BCUT2D eigenvalue weighted by Crippen LogP contribution is 2.17. The van der Waals surface area contributed by atoms with Crippen LogP contribution >= 0.6 is 0 Å². The van der Waals surface area contributed by atoms with Gasteiger partial charge in [-0.3, -0.25) is 19.8 Å². The van der Waals surface area contributed by atoms with E-state index in [1.54, 1.807) is 6.92 Å². The Morgan fingerprint density at radius 3 is 2.86 bits per heavy atom. The molecular formula is C14H23N3O4. The van der Waals surface area contributed by atoms with E-state index < -0.39 is 6.03 Å². The Morgan fingerprint density at radius 1 is 1.43 bits per heavy atom. The molecule has 1 saturated heterocycles. The van der Waals surface area contributed by atoms with Crippen molar-refractivity contribution in [2.75, 3.05) is 32.8 Å². The van der Waals surface area contributed by atoms with Gasteiger partial charge in [0.15, 0.2) is 0 Å². The molecule has 1 aliphatic heterocycles. The van der Waals surface area contributed by atoms with Gasteiger partial charge in [-0.25, -0.2) is 4.79 Å². The van der Waals surface area contributed by atoms with Crippen LogP contribution in [0.15, 0.2) is 12.7 Å². The van der Waals surface area contributed by atoms with Crippen molar-refractivity contribution >= 4 is 17.9 Å². The van der Waals surface area contributed by atoms with Crippen molar-refractivity contribution in [2.45, 2.75) is 19.8 Å². The van der Waals surface area contributed by atoms with E-state index >= 15 is 0 Å². The van der Waals surface area contributed by atoms with E-state index in [1.807, 2.05) is 4.90 Å². The smallest absolute Gasteiger partial charge is 0.321 e. The summed E-state index contributed by atoms with van der Waals surface area (Å²) in [6, 6.07) is -0.543. The number of imide groups is 1. The molecule has 1 rings (SSSR count). The number of hydrogen-bond acceptors (Lipinski definition) is 5. The first-order valence-electron chi connectivity index (χ1n) is 7.14. The number of carbonyl (C=O) groups is 3. The van der Waals surface area contributed by atoms with Crippen molar-refractivity contribution in [3.63, 3.8) is 0 Å². The molecule has 0 aromatic carbocycles. The predicted octanol–water partition coefficient (Wildman–Crippen LogP) is 0.273. The van der Waals surface area contributed by atoms with Gasteiger partial charge in [0.25, 0.3) is 0 Å². The average molecular weight is 297 g/mol. The summed E-state index contributed by atoms with van der Waals surface area (Å²) in [7, 11) is 0. The van der Waals surface area contributed by atoms with Crippen LogP contribution in [0, 0.1) is 5.92 Å². The Morgan fingerprint density at radius 2 is 2.19 bits per heavy atom. The zero-order valence-corrected chi connectivity index (χ0v) is 12.4. The van der Waals surface area contributed by atoms with Gasteiger partial charge in [0.05, 0.1) is 19.1 Å². The van der Waals surface area contributed by atoms with Crippen molar-refractivity contribution in [1.29, 1.82) is 0 Å². The van der Waals surface area contributed by atoms with E-state index in [0.29, 0.717) is 19.7 Å². The van der Waals surface area contributed by atoms with Gasteiger partial charge >= 0.3 is 12.0 Å². The van der Waals surface area contributed by atoms with E-state index in [1.165, 1.54) is 6.08 Å². The van der Waals surface area contributed by atoms with Crippen LogP contribution in [0.1, 0.15) is 19.8 Å². The van der Waals surface area contributed by atoms with Gasteiger partial charge < -0.3 is 10.1 Å². The van der Waals surface area contributed by atoms with Crippen LogP contribution in [-0.2, 0) is 14.3 Å². The standard InChI is InChI=1S/C14H23N3O4/c1-3-7-15-14(20)16-12(18)10-17-8-5-6-11(9-17)13(19)21-4-2/h3,11H,1,4-10H2,2H3,(H2,15,16,18,20)/t11-/m0/s1. The van der Waals surface area contributed by atoms with Gasteiger partial charge in [0.1, 0.15) is 0 Å². The largest absolute Gasteiger partial charge is 0.466 e. The number of carbonyl (C=O) groups excluding carboxylic acids is 3. The maximum Gasteiger partial charge on any atom is 0.321 e. The van der Waals surface area contributed by atoms with Crippen LogP contribution < -0.4 is 10.6 Å². The highest BCUT2D eigenvalue weighted by Gasteiger charge is 2.27. The summed E-state index contributed by atoms with van der Waals surface area (Å²) in [6.07, 6.45) is 3.13. The summed E-state index contributed by atoms with van der Waals surface area (Å²) in [4.78, 5) is 36.6. The molecule has 2 N–H and O–H groups in total. The maximum absolute atomic E-state index is 11.7. The molecule has 0 unspecified atom stereocenters. The summed E-state index contributed by atoms with van der Waals surface area (Å²) in [5.41, 5.74) is 0. The first-order chi connectivity index (χ1) is 10.1.